The second kappa shape index (κ2) is 7.02. The molecular weight excluding hydrogens is 260 g/mol. The average Bonchev–Trinajstić information content (AvgIpc) is 2.43. The predicted molar refractivity (Wildman–Crippen MR) is 73.9 cm³/mol. The van der Waals surface area contributed by atoms with Gasteiger partial charge in [0.1, 0.15) is 0 Å². The molecule has 6 heteroatoms. The molecule has 1 rings (SSSR count). The molecule has 0 aromatic heterocycles. The maximum Gasteiger partial charge on any atom is 0.337 e. The van der Waals surface area contributed by atoms with Crippen molar-refractivity contribution in [3.8, 4) is 0 Å². The van der Waals surface area contributed by atoms with Crippen molar-refractivity contribution in [1.82, 2.24) is 5.32 Å². The molecule has 0 radical (unpaired) electrons. The van der Waals surface area contributed by atoms with Crippen LogP contribution in [0.1, 0.15) is 31.4 Å². The highest BCUT2D eigenvalue weighted by Gasteiger charge is 2.30. The Labute approximate surface area is 117 Å². The Kier molecular flexibility index (Phi) is 5.66. The molecule has 1 aromatic rings. The zero-order chi connectivity index (χ0) is 15.2. The maximum absolute atomic E-state index is 11.6. The fraction of sp³-hybridized carbons (Fsp3) is 0.429. The average molecular weight is 280 g/mol. The molecule has 0 aliphatic heterocycles. The van der Waals surface area contributed by atoms with E-state index in [1.807, 2.05) is 30.3 Å². The first kappa shape index (κ1) is 16.1. The lowest BCUT2D eigenvalue weighted by atomic mass is 10.0. The second-order valence-electron chi connectivity index (χ2n) is 4.91. The van der Waals surface area contributed by atoms with Crippen LogP contribution >= 0.6 is 0 Å². The van der Waals surface area contributed by atoms with E-state index in [9.17, 15) is 14.7 Å². The lowest BCUT2D eigenvalue weighted by Gasteiger charge is -2.18. The van der Waals surface area contributed by atoms with E-state index >= 15 is 0 Å². The summed E-state index contributed by atoms with van der Waals surface area (Å²) in [6, 6.07) is 9.16. The number of aliphatic hydroxyl groups is 1. The fourth-order valence-corrected chi connectivity index (χ4v) is 1.59. The Bertz CT molecular complexity index is 460. The van der Waals surface area contributed by atoms with Crippen molar-refractivity contribution in [3.63, 3.8) is 0 Å². The van der Waals surface area contributed by atoms with Gasteiger partial charge >= 0.3 is 5.97 Å². The molecule has 6 nitrogen and oxygen atoms in total. The zero-order valence-electron chi connectivity index (χ0n) is 11.4. The maximum atomic E-state index is 11.6. The summed E-state index contributed by atoms with van der Waals surface area (Å²) in [6.45, 7) is 0.799. The Balaban J connectivity index is 2.35. The Hall–Kier alpha value is -1.92. The highest BCUT2D eigenvalue weighted by molar-refractivity contribution is 5.80. The summed E-state index contributed by atoms with van der Waals surface area (Å²) in [5.41, 5.74) is 4.93. The molecule has 1 amide bonds. The molecule has 2 unspecified atom stereocenters. The number of carbonyl (C=O) groups excluding carboxylic acids is 1. The molecule has 0 saturated carbocycles. The predicted octanol–water partition coefficient (Wildman–Crippen LogP) is 0.418. The van der Waals surface area contributed by atoms with Crippen molar-refractivity contribution in [2.75, 3.05) is 6.54 Å². The largest absolute Gasteiger partial charge is 0.479 e. The van der Waals surface area contributed by atoms with Gasteiger partial charge < -0.3 is 21.3 Å². The number of aliphatic carboxylic acids is 1. The highest BCUT2D eigenvalue weighted by Crippen LogP contribution is 2.14. The van der Waals surface area contributed by atoms with Crippen LogP contribution in [0.5, 0.6) is 0 Å². The number of carboxylic acids is 1. The van der Waals surface area contributed by atoms with E-state index in [-0.39, 0.29) is 24.9 Å². The van der Waals surface area contributed by atoms with E-state index in [1.54, 1.807) is 0 Å². The van der Waals surface area contributed by atoms with Gasteiger partial charge in [-0.25, -0.2) is 4.79 Å². The van der Waals surface area contributed by atoms with Gasteiger partial charge in [-0.1, -0.05) is 30.3 Å². The molecule has 2 atom stereocenters. The van der Waals surface area contributed by atoms with Crippen LogP contribution in [0.3, 0.4) is 0 Å². The molecule has 0 saturated heterocycles. The number of carbonyl (C=O) groups is 2. The SMILES string of the molecule is CC(O)(CNC(=O)CCC(N)c1ccccc1)C(=O)O. The Morgan fingerprint density at radius 2 is 1.95 bits per heavy atom. The quantitative estimate of drug-likeness (QED) is 0.578. The second-order valence-corrected chi connectivity index (χ2v) is 4.91. The summed E-state index contributed by atoms with van der Waals surface area (Å²) in [5.74, 6) is -1.71. The van der Waals surface area contributed by atoms with E-state index in [1.165, 1.54) is 0 Å². The number of carboxylic acid groups (broad SMARTS) is 1. The van der Waals surface area contributed by atoms with Crippen molar-refractivity contribution in [1.29, 1.82) is 0 Å². The summed E-state index contributed by atoms with van der Waals surface area (Å²) in [4.78, 5) is 22.2. The first-order chi connectivity index (χ1) is 9.33. The summed E-state index contributed by atoms with van der Waals surface area (Å²) in [7, 11) is 0. The smallest absolute Gasteiger partial charge is 0.337 e. The molecule has 5 N–H and O–H groups in total. The number of nitrogens with one attached hydrogen (secondary N) is 1. The molecule has 0 bridgehead atoms. The highest BCUT2D eigenvalue weighted by atomic mass is 16.4. The molecule has 0 aliphatic rings. The molecule has 0 fully saturated rings. The topological polar surface area (TPSA) is 113 Å². The van der Waals surface area contributed by atoms with Crippen molar-refractivity contribution < 1.29 is 19.8 Å². The van der Waals surface area contributed by atoms with Crippen LogP contribution < -0.4 is 11.1 Å². The third-order valence-corrected chi connectivity index (χ3v) is 3.00. The van der Waals surface area contributed by atoms with Crippen molar-refractivity contribution >= 4 is 11.9 Å². The molecule has 110 valence electrons. The number of nitrogens with two attached hydrogens (primary N) is 1. The zero-order valence-corrected chi connectivity index (χ0v) is 11.4. The third-order valence-electron chi connectivity index (χ3n) is 3.00. The van der Waals surface area contributed by atoms with Crippen LogP contribution in [0.15, 0.2) is 30.3 Å². The van der Waals surface area contributed by atoms with Crippen LogP contribution in [0, 0.1) is 0 Å². The summed E-state index contributed by atoms with van der Waals surface area (Å²) < 4.78 is 0. The Morgan fingerprint density at radius 3 is 2.50 bits per heavy atom. The van der Waals surface area contributed by atoms with Gasteiger partial charge in [-0.3, -0.25) is 4.79 Å². The van der Waals surface area contributed by atoms with E-state index in [2.05, 4.69) is 5.32 Å². The number of benzene rings is 1. The minimum atomic E-state index is -1.96. The van der Waals surface area contributed by atoms with Crippen molar-refractivity contribution in [3.05, 3.63) is 35.9 Å². The van der Waals surface area contributed by atoms with Gasteiger partial charge in [0.2, 0.25) is 5.91 Å². The Morgan fingerprint density at radius 1 is 1.35 bits per heavy atom. The van der Waals surface area contributed by atoms with Gasteiger partial charge in [0.25, 0.3) is 0 Å². The number of rotatable bonds is 7. The van der Waals surface area contributed by atoms with Gasteiger partial charge in [-0.2, -0.15) is 0 Å². The van der Waals surface area contributed by atoms with Gasteiger partial charge in [-0.05, 0) is 18.9 Å². The van der Waals surface area contributed by atoms with E-state index in [0.717, 1.165) is 12.5 Å². The summed E-state index contributed by atoms with van der Waals surface area (Å²) >= 11 is 0. The standard InChI is InChI=1S/C14H20N2O4/c1-14(20,13(18)19)9-16-12(17)8-7-11(15)10-5-3-2-4-6-10/h2-6,11,20H,7-9,15H2,1H3,(H,16,17)(H,18,19). The fourth-order valence-electron chi connectivity index (χ4n) is 1.59. The molecule has 0 spiro atoms. The van der Waals surface area contributed by atoms with Gasteiger partial charge in [0.15, 0.2) is 5.60 Å². The van der Waals surface area contributed by atoms with Crippen LogP contribution in [0.2, 0.25) is 0 Å². The molecule has 0 heterocycles. The van der Waals surface area contributed by atoms with Gasteiger partial charge in [0, 0.05) is 12.5 Å². The van der Waals surface area contributed by atoms with E-state index in [0.29, 0.717) is 6.42 Å². The summed E-state index contributed by atoms with van der Waals surface area (Å²) in [6.07, 6.45) is 0.622. The minimum absolute atomic E-state index is 0.172. The van der Waals surface area contributed by atoms with Crippen molar-refractivity contribution in [2.24, 2.45) is 5.73 Å². The molecule has 1 aromatic carbocycles. The van der Waals surface area contributed by atoms with Crippen LogP contribution in [0.25, 0.3) is 0 Å². The lowest BCUT2D eigenvalue weighted by molar-refractivity contribution is -0.156. The molecule has 20 heavy (non-hydrogen) atoms. The van der Waals surface area contributed by atoms with Gasteiger partial charge in [0.05, 0.1) is 6.54 Å². The monoisotopic (exact) mass is 280 g/mol. The molecular formula is C14H20N2O4. The van der Waals surface area contributed by atoms with Crippen LogP contribution in [-0.4, -0.2) is 34.2 Å². The minimum Gasteiger partial charge on any atom is -0.479 e. The van der Waals surface area contributed by atoms with Crippen LogP contribution in [-0.2, 0) is 9.59 Å². The van der Waals surface area contributed by atoms with Gasteiger partial charge in [-0.15, -0.1) is 0 Å². The van der Waals surface area contributed by atoms with E-state index in [4.69, 9.17) is 10.8 Å². The molecule has 0 aliphatic carbocycles. The summed E-state index contributed by atoms with van der Waals surface area (Å²) in [5, 5.41) is 20.5. The first-order valence-corrected chi connectivity index (χ1v) is 6.36. The number of hydrogen-bond donors (Lipinski definition) is 4. The van der Waals surface area contributed by atoms with Crippen LogP contribution in [0.4, 0.5) is 0 Å². The number of hydrogen-bond acceptors (Lipinski definition) is 4. The lowest BCUT2D eigenvalue weighted by Crippen LogP contribution is -2.46. The third kappa shape index (κ3) is 4.99. The number of amides is 1. The van der Waals surface area contributed by atoms with E-state index < -0.39 is 11.6 Å². The first-order valence-electron chi connectivity index (χ1n) is 6.36. The van der Waals surface area contributed by atoms with Crippen molar-refractivity contribution in [2.45, 2.75) is 31.4 Å². The normalized spacial score (nSPS) is 15.2.